The van der Waals surface area contributed by atoms with Crippen LogP contribution in [0.4, 0.5) is 0 Å². The van der Waals surface area contributed by atoms with E-state index >= 15 is 0 Å². The molecule has 110 valence electrons. The Morgan fingerprint density at radius 2 is 1.65 bits per heavy atom. The van der Waals surface area contributed by atoms with Crippen LogP contribution in [0.2, 0.25) is 0 Å². The number of hydrogen-bond donors (Lipinski definition) is 3. The number of aryl methyl sites for hydroxylation is 1. The first-order valence-electron chi connectivity index (χ1n) is 6.22. The van der Waals surface area contributed by atoms with Gasteiger partial charge in [0, 0.05) is 6.66 Å². The maximum Gasteiger partial charge on any atom is 0.322 e. The van der Waals surface area contributed by atoms with Crippen molar-refractivity contribution in [1.29, 1.82) is 0 Å². The molecule has 0 aromatic heterocycles. The quantitative estimate of drug-likeness (QED) is 0.567. The first kappa shape index (κ1) is 16.6. The van der Waals surface area contributed by atoms with Gasteiger partial charge < -0.3 is 9.79 Å². The lowest BCUT2D eigenvalue weighted by Crippen LogP contribution is -2.20. The van der Waals surface area contributed by atoms with E-state index < -0.39 is 7.60 Å². The van der Waals surface area contributed by atoms with Crippen molar-refractivity contribution in [2.24, 2.45) is 0 Å². The standard InChI is InChI=1S/C12H13NO2.CH5O3P/c1-3-7-5-6-9-10(8(7)4-2)12(15)13-11(9)14;1-5(2,3)4/h5-6H,3-4H2,1-2H3,(H,13,14,15);1H3,(H2,2,3,4). The first-order chi connectivity index (χ1) is 9.19. The molecule has 0 saturated heterocycles. The summed E-state index contributed by atoms with van der Waals surface area (Å²) in [6.07, 6.45) is 1.67. The van der Waals surface area contributed by atoms with Crippen molar-refractivity contribution in [3.8, 4) is 0 Å². The number of fused-ring (bicyclic) bond motifs is 1. The average Bonchev–Trinajstić information content (AvgIpc) is 2.62. The molecule has 0 aliphatic carbocycles. The van der Waals surface area contributed by atoms with Crippen LogP contribution in [0.15, 0.2) is 12.1 Å². The van der Waals surface area contributed by atoms with Crippen molar-refractivity contribution in [2.75, 3.05) is 6.66 Å². The summed E-state index contributed by atoms with van der Waals surface area (Å²) in [5, 5.41) is 2.33. The molecule has 0 unspecified atom stereocenters. The third-order valence-corrected chi connectivity index (χ3v) is 2.84. The monoisotopic (exact) mass is 299 g/mol. The molecule has 0 radical (unpaired) electrons. The summed E-state index contributed by atoms with van der Waals surface area (Å²) in [7, 11) is -3.64. The second-order valence-electron chi connectivity index (χ2n) is 4.45. The van der Waals surface area contributed by atoms with Gasteiger partial charge in [-0.05, 0) is 30.0 Å². The molecular formula is C13H18NO5P. The maximum atomic E-state index is 11.6. The second kappa shape index (κ2) is 6.31. The molecule has 20 heavy (non-hydrogen) atoms. The van der Waals surface area contributed by atoms with E-state index in [4.69, 9.17) is 9.79 Å². The minimum atomic E-state index is -3.64. The Balaban J connectivity index is 0.000000347. The van der Waals surface area contributed by atoms with Crippen LogP contribution in [0, 0.1) is 0 Å². The van der Waals surface area contributed by atoms with Crippen LogP contribution >= 0.6 is 7.60 Å². The van der Waals surface area contributed by atoms with E-state index in [2.05, 4.69) is 12.2 Å². The van der Waals surface area contributed by atoms with Gasteiger partial charge in [0.05, 0.1) is 11.1 Å². The van der Waals surface area contributed by atoms with Gasteiger partial charge in [-0.3, -0.25) is 19.5 Å². The average molecular weight is 299 g/mol. The molecule has 1 aromatic rings. The Bertz CT molecular complexity index is 582. The van der Waals surface area contributed by atoms with Crippen LogP contribution in [0.25, 0.3) is 0 Å². The predicted octanol–water partition coefficient (Wildman–Crippen LogP) is 1.49. The lowest BCUT2D eigenvalue weighted by molar-refractivity contribution is 0.0879. The normalized spacial score (nSPS) is 13.4. The highest BCUT2D eigenvalue weighted by Crippen LogP contribution is 2.26. The number of carbonyl (C=O) groups is 2. The first-order valence-corrected chi connectivity index (χ1v) is 8.28. The van der Waals surface area contributed by atoms with E-state index in [0.29, 0.717) is 11.1 Å². The summed E-state index contributed by atoms with van der Waals surface area (Å²) in [4.78, 5) is 38.3. The van der Waals surface area contributed by atoms with Crippen molar-refractivity contribution >= 4 is 19.4 Å². The Kier molecular flexibility index (Phi) is 5.22. The number of rotatable bonds is 2. The fourth-order valence-electron chi connectivity index (χ4n) is 2.11. The summed E-state index contributed by atoms with van der Waals surface area (Å²) in [6, 6.07) is 3.68. The smallest absolute Gasteiger partial charge is 0.322 e. The highest BCUT2D eigenvalue weighted by Gasteiger charge is 2.29. The van der Waals surface area contributed by atoms with E-state index in [-0.39, 0.29) is 11.8 Å². The van der Waals surface area contributed by atoms with E-state index in [0.717, 1.165) is 30.6 Å². The third kappa shape index (κ3) is 4.00. The van der Waals surface area contributed by atoms with E-state index in [1.165, 1.54) is 0 Å². The van der Waals surface area contributed by atoms with Gasteiger partial charge in [-0.25, -0.2) is 0 Å². The molecule has 3 N–H and O–H groups in total. The van der Waals surface area contributed by atoms with Crippen LogP contribution in [0.1, 0.15) is 45.7 Å². The molecule has 1 aliphatic rings. The van der Waals surface area contributed by atoms with Crippen LogP contribution < -0.4 is 5.32 Å². The second-order valence-corrected chi connectivity index (χ2v) is 6.12. The number of hydrogen-bond acceptors (Lipinski definition) is 3. The van der Waals surface area contributed by atoms with Crippen LogP contribution in [0.3, 0.4) is 0 Å². The van der Waals surface area contributed by atoms with Crippen molar-refractivity contribution in [3.05, 3.63) is 34.4 Å². The van der Waals surface area contributed by atoms with Crippen molar-refractivity contribution in [3.63, 3.8) is 0 Å². The van der Waals surface area contributed by atoms with Crippen LogP contribution in [0.5, 0.6) is 0 Å². The summed E-state index contributed by atoms with van der Waals surface area (Å²) < 4.78 is 9.33. The Hall–Kier alpha value is -1.49. The molecule has 1 aromatic carbocycles. The zero-order valence-corrected chi connectivity index (χ0v) is 12.5. The minimum Gasteiger partial charge on any atom is -0.325 e. The van der Waals surface area contributed by atoms with Crippen LogP contribution in [-0.4, -0.2) is 28.3 Å². The van der Waals surface area contributed by atoms with Gasteiger partial charge in [0.15, 0.2) is 0 Å². The summed E-state index contributed by atoms with van der Waals surface area (Å²) in [5.41, 5.74) is 3.27. The van der Waals surface area contributed by atoms with Gasteiger partial charge in [-0.15, -0.1) is 0 Å². The Labute approximate surface area is 117 Å². The third-order valence-electron chi connectivity index (χ3n) is 2.84. The van der Waals surface area contributed by atoms with Crippen molar-refractivity contribution < 1.29 is 23.9 Å². The largest absolute Gasteiger partial charge is 0.325 e. The molecule has 2 rings (SSSR count). The number of amides is 2. The predicted molar refractivity (Wildman–Crippen MR) is 75.0 cm³/mol. The highest BCUT2D eigenvalue weighted by atomic mass is 31.2. The lowest BCUT2D eigenvalue weighted by atomic mass is 9.94. The number of imide groups is 1. The number of benzene rings is 1. The molecule has 1 aliphatic heterocycles. The molecule has 7 heteroatoms. The van der Waals surface area contributed by atoms with Gasteiger partial charge in [-0.2, -0.15) is 0 Å². The molecule has 6 nitrogen and oxygen atoms in total. The van der Waals surface area contributed by atoms with E-state index in [9.17, 15) is 14.2 Å². The fraction of sp³-hybridized carbons (Fsp3) is 0.385. The summed E-state index contributed by atoms with van der Waals surface area (Å²) in [5.74, 6) is -0.519. The van der Waals surface area contributed by atoms with Gasteiger partial charge in [-0.1, -0.05) is 19.9 Å². The maximum absolute atomic E-state index is 11.6. The summed E-state index contributed by atoms with van der Waals surface area (Å²) >= 11 is 0. The van der Waals surface area contributed by atoms with Crippen molar-refractivity contribution in [1.82, 2.24) is 5.32 Å². The number of carbonyl (C=O) groups excluding carboxylic acids is 2. The van der Waals surface area contributed by atoms with Gasteiger partial charge >= 0.3 is 7.60 Å². The Morgan fingerprint density at radius 1 is 1.10 bits per heavy atom. The molecule has 0 spiro atoms. The molecule has 0 bridgehead atoms. The Morgan fingerprint density at radius 3 is 2.10 bits per heavy atom. The van der Waals surface area contributed by atoms with Crippen LogP contribution in [-0.2, 0) is 17.4 Å². The van der Waals surface area contributed by atoms with Gasteiger partial charge in [0.1, 0.15) is 0 Å². The molecule has 0 saturated carbocycles. The van der Waals surface area contributed by atoms with E-state index in [1.54, 1.807) is 6.07 Å². The van der Waals surface area contributed by atoms with Gasteiger partial charge in [0.2, 0.25) is 0 Å². The molecule has 2 amide bonds. The SMILES string of the molecule is CCc1ccc2c(c1CC)C(=O)NC2=O.CP(=O)(O)O. The molecular weight excluding hydrogens is 281 g/mol. The fourth-order valence-corrected chi connectivity index (χ4v) is 2.11. The zero-order valence-electron chi connectivity index (χ0n) is 11.6. The molecule has 1 heterocycles. The van der Waals surface area contributed by atoms with Gasteiger partial charge in [0.25, 0.3) is 11.8 Å². The molecule has 0 fully saturated rings. The summed E-state index contributed by atoms with van der Waals surface area (Å²) in [6.45, 7) is 4.91. The highest BCUT2D eigenvalue weighted by molar-refractivity contribution is 7.50. The zero-order chi connectivity index (χ0) is 15.5. The topological polar surface area (TPSA) is 104 Å². The molecule has 0 atom stereocenters. The number of nitrogens with one attached hydrogen (secondary N) is 1. The minimum absolute atomic E-state index is 0.248. The lowest BCUT2D eigenvalue weighted by Gasteiger charge is -2.08. The van der Waals surface area contributed by atoms with E-state index in [1.807, 2.05) is 13.0 Å². The van der Waals surface area contributed by atoms with Crippen molar-refractivity contribution in [2.45, 2.75) is 26.7 Å².